The summed E-state index contributed by atoms with van der Waals surface area (Å²) in [6.45, 7) is 0.287. The minimum Gasteiger partial charge on any atom is -0.495 e. The molecule has 8 nitrogen and oxygen atoms in total. The lowest BCUT2D eigenvalue weighted by Gasteiger charge is -2.21. The van der Waals surface area contributed by atoms with E-state index in [-0.39, 0.29) is 16.2 Å². The molecule has 1 saturated heterocycles. The molecule has 2 aromatic rings. The normalized spacial score (nSPS) is 14.9. The van der Waals surface area contributed by atoms with Crippen LogP contribution in [0.25, 0.3) is 0 Å². The monoisotopic (exact) mass is 480 g/mol. The zero-order chi connectivity index (χ0) is 23.1. The number of anilines is 1. The van der Waals surface area contributed by atoms with Crippen LogP contribution in [0.3, 0.4) is 0 Å². The van der Waals surface area contributed by atoms with Gasteiger partial charge in [0.25, 0.3) is 5.91 Å². The molecule has 172 valence electrons. The van der Waals surface area contributed by atoms with E-state index in [1.807, 2.05) is 0 Å². The summed E-state index contributed by atoms with van der Waals surface area (Å²) < 4.78 is 38.1. The molecule has 0 aromatic heterocycles. The number of carbonyl (C=O) groups is 2. The molecule has 0 aliphatic carbocycles. The highest BCUT2D eigenvalue weighted by Crippen LogP contribution is 2.29. The Labute approximate surface area is 192 Å². The zero-order valence-corrected chi connectivity index (χ0v) is 19.2. The fourth-order valence-electron chi connectivity index (χ4n) is 3.39. The molecule has 1 aliphatic rings. The van der Waals surface area contributed by atoms with Crippen molar-refractivity contribution in [2.75, 3.05) is 32.1 Å². The first kappa shape index (κ1) is 24.0. The summed E-state index contributed by atoms with van der Waals surface area (Å²) in [6, 6.07) is 10.7. The summed E-state index contributed by atoms with van der Waals surface area (Å²) in [4.78, 5) is 24.5. The Morgan fingerprint density at radius 2 is 1.75 bits per heavy atom. The standard InChI is InChI=1S/C22H25ClN2O6S/c1-30-19-11-10-16(14-20(19)32(28,29)25-12-6-2-3-7-13-25)22(27)31-15-21(26)24-18-9-5-4-8-17(18)23/h4-5,8-11,14H,2-3,6-7,12-13,15H2,1H3,(H,24,26). The lowest BCUT2D eigenvalue weighted by molar-refractivity contribution is -0.119. The maximum atomic E-state index is 13.2. The Morgan fingerprint density at radius 1 is 1.06 bits per heavy atom. The van der Waals surface area contributed by atoms with Gasteiger partial charge in [-0.15, -0.1) is 0 Å². The van der Waals surface area contributed by atoms with Gasteiger partial charge in [0.05, 0.1) is 23.4 Å². The number of amides is 1. The minimum atomic E-state index is -3.85. The van der Waals surface area contributed by atoms with Gasteiger partial charge in [-0.1, -0.05) is 36.6 Å². The van der Waals surface area contributed by atoms with Crippen molar-refractivity contribution in [3.05, 3.63) is 53.1 Å². The van der Waals surface area contributed by atoms with Crippen molar-refractivity contribution in [3.8, 4) is 5.75 Å². The Kier molecular flexibility index (Phi) is 8.11. The van der Waals surface area contributed by atoms with E-state index >= 15 is 0 Å². The van der Waals surface area contributed by atoms with Crippen LogP contribution in [0.5, 0.6) is 5.75 Å². The van der Waals surface area contributed by atoms with Gasteiger partial charge < -0.3 is 14.8 Å². The van der Waals surface area contributed by atoms with Crippen molar-refractivity contribution < 1.29 is 27.5 Å². The first-order chi connectivity index (χ1) is 15.3. The van der Waals surface area contributed by atoms with Gasteiger partial charge in [0, 0.05) is 13.1 Å². The number of methoxy groups -OCH3 is 1. The molecule has 1 aliphatic heterocycles. The van der Waals surface area contributed by atoms with Crippen molar-refractivity contribution in [2.45, 2.75) is 30.6 Å². The van der Waals surface area contributed by atoms with Crippen molar-refractivity contribution in [1.29, 1.82) is 0 Å². The number of sulfonamides is 1. The third-order valence-corrected chi connectivity index (χ3v) is 7.31. The first-order valence-electron chi connectivity index (χ1n) is 10.2. The summed E-state index contributed by atoms with van der Waals surface area (Å²) in [7, 11) is -2.49. The summed E-state index contributed by atoms with van der Waals surface area (Å²) in [6.07, 6.45) is 3.52. The van der Waals surface area contributed by atoms with E-state index in [0.717, 1.165) is 25.7 Å². The Bertz CT molecular complexity index is 1080. The lowest BCUT2D eigenvalue weighted by atomic mass is 10.2. The van der Waals surface area contributed by atoms with Crippen LogP contribution in [0, 0.1) is 0 Å². The summed E-state index contributed by atoms with van der Waals surface area (Å²) in [5, 5.41) is 2.90. The number of rotatable bonds is 7. The van der Waals surface area contributed by atoms with Gasteiger partial charge in [-0.05, 0) is 43.2 Å². The van der Waals surface area contributed by atoms with Crippen molar-refractivity contribution in [3.63, 3.8) is 0 Å². The molecule has 1 fully saturated rings. The molecule has 10 heteroatoms. The largest absolute Gasteiger partial charge is 0.495 e. The van der Waals surface area contributed by atoms with E-state index in [1.54, 1.807) is 24.3 Å². The van der Waals surface area contributed by atoms with Crippen LogP contribution < -0.4 is 10.1 Å². The number of benzene rings is 2. The summed E-state index contributed by atoms with van der Waals surface area (Å²) >= 11 is 5.99. The highest BCUT2D eigenvalue weighted by atomic mass is 35.5. The molecule has 1 heterocycles. The lowest BCUT2D eigenvalue weighted by Crippen LogP contribution is -2.32. The second-order valence-electron chi connectivity index (χ2n) is 7.29. The van der Waals surface area contributed by atoms with Crippen LogP contribution in [-0.2, 0) is 19.6 Å². The van der Waals surface area contributed by atoms with Crippen LogP contribution in [-0.4, -0.2) is 51.4 Å². The summed E-state index contributed by atoms with van der Waals surface area (Å²) in [5.74, 6) is -1.26. The third kappa shape index (κ3) is 5.79. The molecular weight excluding hydrogens is 456 g/mol. The van der Waals surface area contributed by atoms with Gasteiger partial charge in [-0.3, -0.25) is 4.79 Å². The summed E-state index contributed by atoms with van der Waals surface area (Å²) in [5.41, 5.74) is 0.398. The topological polar surface area (TPSA) is 102 Å². The minimum absolute atomic E-state index is 0.00439. The predicted molar refractivity (Wildman–Crippen MR) is 121 cm³/mol. The van der Waals surface area contributed by atoms with Crippen LogP contribution in [0.1, 0.15) is 36.0 Å². The predicted octanol–water partition coefficient (Wildman–Crippen LogP) is 3.71. The van der Waals surface area contributed by atoms with Gasteiger partial charge in [-0.25, -0.2) is 13.2 Å². The van der Waals surface area contributed by atoms with Crippen molar-refractivity contribution in [2.24, 2.45) is 0 Å². The molecule has 0 unspecified atom stereocenters. The second kappa shape index (κ2) is 10.8. The number of esters is 1. The van der Waals surface area contributed by atoms with Crippen LogP contribution in [0.4, 0.5) is 5.69 Å². The van der Waals surface area contributed by atoms with E-state index in [4.69, 9.17) is 21.1 Å². The molecule has 32 heavy (non-hydrogen) atoms. The van der Waals surface area contributed by atoms with Gasteiger partial charge in [0.1, 0.15) is 10.6 Å². The number of carbonyl (C=O) groups excluding carboxylic acids is 2. The smallest absolute Gasteiger partial charge is 0.338 e. The number of hydrogen-bond donors (Lipinski definition) is 1. The third-order valence-electron chi connectivity index (χ3n) is 5.06. The highest BCUT2D eigenvalue weighted by molar-refractivity contribution is 7.89. The van der Waals surface area contributed by atoms with Crippen LogP contribution in [0.2, 0.25) is 5.02 Å². The van der Waals surface area contributed by atoms with Crippen molar-refractivity contribution >= 4 is 39.2 Å². The fourth-order valence-corrected chi connectivity index (χ4v) is 5.27. The molecule has 0 atom stereocenters. The molecule has 0 saturated carbocycles. The molecule has 0 spiro atoms. The van der Waals surface area contributed by atoms with E-state index in [0.29, 0.717) is 23.8 Å². The SMILES string of the molecule is COc1ccc(C(=O)OCC(=O)Nc2ccccc2Cl)cc1S(=O)(=O)N1CCCCCC1. The van der Waals surface area contributed by atoms with E-state index < -0.39 is 28.5 Å². The van der Waals surface area contributed by atoms with Crippen molar-refractivity contribution in [1.82, 2.24) is 4.31 Å². The number of para-hydroxylation sites is 1. The van der Waals surface area contributed by atoms with Gasteiger partial charge in [-0.2, -0.15) is 4.31 Å². The average Bonchev–Trinajstić information content (AvgIpc) is 3.09. The first-order valence-corrected chi connectivity index (χ1v) is 12.0. The molecule has 1 amide bonds. The van der Waals surface area contributed by atoms with Crippen LogP contribution in [0.15, 0.2) is 47.4 Å². The number of halogens is 1. The second-order valence-corrected chi connectivity index (χ2v) is 9.60. The molecule has 0 radical (unpaired) electrons. The van der Waals surface area contributed by atoms with Gasteiger partial charge in [0.15, 0.2) is 6.61 Å². The van der Waals surface area contributed by atoms with Gasteiger partial charge >= 0.3 is 5.97 Å². The maximum Gasteiger partial charge on any atom is 0.338 e. The number of nitrogens with zero attached hydrogens (tertiary/aromatic N) is 1. The Hall–Kier alpha value is -2.62. The molecule has 0 bridgehead atoms. The molecular formula is C22H25ClN2O6S. The highest BCUT2D eigenvalue weighted by Gasteiger charge is 2.29. The quantitative estimate of drug-likeness (QED) is 0.606. The molecule has 3 rings (SSSR count). The molecule has 1 N–H and O–H groups in total. The van der Waals surface area contributed by atoms with Crippen LogP contribution >= 0.6 is 11.6 Å². The Balaban J connectivity index is 1.73. The average molecular weight is 481 g/mol. The number of nitrogens with one attached hydrogen (secondary N) is 1. The van der Waals surface area contributed by atoms with E-state index in [1.165, 1.54) is 29.6 Å². The van der Waals surface area contributed by atoms with E-state index in [9.17, 15) is 18.0 Å². The van der Waals surface area contributed by atoms with Gasteiger partial charge in [0.2, 0.25) is 10.0 Å². The number of hydrogen-bond acceptors (Lipinski definition) is 6. The maximum absolute atomic E-state index is 13.2. The number of ether oxygens (including phenoxy) is 2. The molecule has 2 aromatic carbocycles. The Morgan fingerprint density at radius 3 is 2.41 bits per heavy atom. The fraction of sp³-hybridized carbons (Fsp3) is 0.364. The van der Waals surface area contributed by atoms with E-state index in [2.05, 4.69) is 5.32 Å². The zero-order valence-electron chi connectivity index (χ0n) is 17.7.